The van der Waals surface area contributed by atoms with E-state index in [9.17, 15) is 4.79 Å². The Kier molecular flexibility index (Phi) is 8.58. The fraction of sp³-hybridized carbons (Fsp3) is 0.952. The van der Waals surface area contributed by atoms with Gasteiger partial charge in [0.25, 0.3) is 0 Å². The summed E-state index contributed by atoms with van der Waals surface area (Å²) in [5.74, 6) is 1.12. The number of rotatable bonds is 7. The van der Waals surface area contributed by atoms with Crippen molar-refractivity contribution in [1.82, 2.24) is 10.2 Å². The molecule has 3 nitrogen and oxygen atoms in total. The van der Waals surface area contributed by atoms with Crippen molar-refractivity contribution in [1.29, 1.82) is 0 Å². The highest BCUT2D eigenvalue weighted by molar-refractivity contribution is 5.76. The molecule has 1 amide bonds. The molecule has 0 aromatic heterocycles. The van der Waals surface area contributed by atoms with Gasteiger partial charge < -0.3 is 10.2 Å². The molecule has 2 aliphatic carbocycles. The molecule has 24 heavy (non-hydrogen) atoms. The van der Waals surface area contributed by atoms with Gasteiger partial charge in [-0.2, -0.15) is 0 Å². The van der Waals surface area contributed by atoms with Gasteiger partial charge >= 0.3 is 0 Å². The van der Waals surface area contributed by atoms with E-state index in [0.717, 1.165) is 31.8 Å². The van der Waals surface area contributed by atoms with Crippen LogP contribution in [0.25, 0.3) is 0 Å². The average Bonchev–Trinajstić information content (AvgIpc) is 2.55. The monoisotopic (exact) mass is 336 g/mol. The molecule has 0 aromatic rings. The van der Waals surface area contributed by atoms with Crippen LogP contribution in [-0.4, -0.2) is 38.0 Å². The van der Waals surface area contributed by atoms with Gasteiger partial charge in [0.2, 0.25) is 5.91 Å². The maximum Gasteiger partial charge on any atom is 0.220 e. The molecule has 2 aliphatic rings. The molecule has 0 heterocycles. The van der Waals surface area contributed by atoms with Gasteiger partial charge in [-0.1, -0.05) is 51.4 Å². The molecule has 0 saturated heterocycles. The highest BCUT2D eigenvalue weighted by Gasteiger charge is 2.40. The summed E-state index contributed by atoms with van der Waals surface area (Å²) in [7, 11) is 4.18. The van der Waals surface area contributed by atoms with Crippen molar-refractivity contribution in [2.24, 2.45) is 11.3 Å². The van der Waals surface area contributed by atoms with E-state index in [0.29, 0.717) is 11.3 Å². The molecule has 0 atom stereocenters. The van der Waals surface area contributed by atoms with Crippen molar-refractivity contribution in [3.63, 3.8) is 0 Å². The summed E-state index contributed by atoms with van der Waals surface area (Å²) in [6, 6.07) is 0. The molecule has 2 saturated carbocycles. The molecule has 2 rings (SSSR count). The lowest BCUT2D eigenvalue weighted by Crippen LogP contribution is -2.39. The smallest absolute Gasteiger partial charge is 0.220 e. The largest absolute Gasteiger partial charge is 0.356 e. The van der Waals surface area contributed by atoms with Gasteiger partial charge in [-0.3, -0.25) is 4.79 Å². The first-order valence-corrected chi connectivity index (χ1v) is 10.5. The molecule has 1 N–H and O–H groups in total. The first kappa shape index (κ1) is 19.8. The van der Waals surface area contributed by atoms with Crippen molar-refractivity contribution in [2.75, 3.05) is 27.2 Å². The number of amides is 1. The quantitative estimate of drug-likeness (QED) is 0.680. The lowest BCUT2D eigenvalue weighted by molar-refractivity contribution is -0.125. The molecule has 0 spiro atoms. The minimum absolute atomic E-state index is 0.312. The molecular weight excluding hydrogens is 296 g/mol. The number of hydrogen-bond donors (Lipinski definition) is 1. The molecule has 2 fully saturated rings. The second-order valence-corrected chi connectivity index (χ2v) is 8.65. The zero-order valence-corrected chi connectivity index (χ0v) is 16.2. The summed E-state index contributed by atoms with van der Waals surface area (Å²) in [4.78, 5) is 14.9. The van der Waals surface area contributed by atoms with Gasteiger partial charge in [-0.25, -0.2) is 0 Å². The van der Waals surface area contributed by atoms with E-state index >= 15 is 0 Å². The third-order valence-corrected chi connectivity index (χ3v) is 6.44. The number of carbonyl (C=O) groups excluding carboxylic acids is 1. The highest BCUT2D eigenvalue weighted by atomic mass is 16.1. The van der Waals surface area contributed by atoms with E-state index in [4.69, 9.17) is 0 Å². The van der Waals surface area contributed by atoms with E-state index in [-0.39, 0.29) is 0 Å². The summed E-state index contributed by atoms with van der Waals surface area (Å²) >= 11 is 0. The van der Waals surface area contributed by atoms with Gasteiger partial charge in [-0.15, -0.1) is 0 Å². The summed E-state index contributed by atoms with van der Waals surface area (Å²) < 4.78 is 0. The molecule has 140 valence electrons. The van der Waals surface area contributed by atoms with E-state index in [1.165, 1.54) is 77.0 Å². The zero-order chi connectivity index (χ0) is 17.3. The van der Waals surface area contributed by atoms with Crippen LogP contribution in [0.5, 0.6) is 0 Å². The third-order valence-electron chi connectivity index (χ3n) is 6.44. The van der Waals surface area contributed by atoms with Crippen LogP contribution in [0, 0.1) is 11.3 Å². The SMILES string of the molecule is CN(C)CCCNC(=O)CC1(C2CCCCC2)CCCCCCC1. The first-order valence-electron chi connectivity index (χ1n) is 10.5. The van der Waals surface area contributed by atoms with Crippen LogP contribution >= 0.6 is 0 Å². The Bertz CT molecular complexity index is 353. The fourth-order valence-electron chi connectivity index (χ4n) is 5.06. The minimum atomic E-state index is 0.312. The molecule has 0 bridgehead atoms. The number of hydrogen-bond acceptors (Lipinski definition) is 2. The highest BCUT2D eigenvalue weighted by Crippen LogP contribution is 2.49. The Morgan fingerprint density at radius 3 is 2.17 bits per heavy atom. The molecule has 0 radical (unpaired) electrons. The third kappa shape index (κ3) is 6.38. The molecule has 0 aliphatic heterocycles. The van der Waals surface area contributed by atoms with Crippen LogP contribution in [0.4, 0.5) is 0 Å². The number of carbonyl (C=O) groups is 1. The Hall–Kier alpha value is -0.570. The normalized spacial score (nSPS) is 22.8. The maximum absolute atomic E-state index is 12.7. The van der Waals surface area contributed by atoms with Crippen molar-refractivity contribution >= 4 is 5.91 Å². The molecule has 3 heteroatoms. The van der Waals surface area contributed by atoms with Crippen molar-refractivity contribution < 1.29 is 4.79 Å². The molecule has 0 unspecified atom stereocenters. The van der Waals surface area contributed by atoms with E-state index < -0.39 is 0 Å². The van der Waals surface area contributed by atoms with E-state index in [1.54, 1.807) is 0 Å². The topological polar surface area (TPSA) is 32.3 Å². The van der Waals surface area contributed by atoms with Gasteiger partial charge in [0, 0.05) is 13.0 Å². The van der Waals surface area contributed by atoms with Gasteiger partial charge in [0.05, 0.1) is 0 Å². The van der Waals surface area contributed by atoms with Crippen molar-refractivity contribution in [3.8, 4) is 0 Å². The minimum Gasteiger partial charge on any atom is -0.356 e. The maximum atomic E-state index is 12.7. The second kappa shape index (κ2) is 10.4. The first-order chi connectivity index (χ1) is 11.6. The summed E-state index contributed by atoms with van der Waals surface area (Å²) in [5, 5.41) is 3.22. The lowest BCUT2D eigenvalue weighted by atomic mass is 9.61. The predicted octanol–water partition coefficient (Wildman–Crippen LogP) is 4.76. The summed E-state index contributed by atoms with van der Waals surface area (Å²) in [6.07, 6.45) is 18.2. The van der Waals surface area contributed by atoms with Gasteiger partial charge in [0.15, 0.2) is 0 Å². The Morgan fingerprint density at radius 1 is 0.958 bits per heavy atom. The Labute approximate surface area is 149 Å². The summed E-state index contributed by atoms with van der Waals surface area (Å²) in [5.41, 5.74) is 0.312. The Balaban J connectivity index is 1.92. The number of nitrogens with one attached hydrogen (secondary N) is 1. The zero-order valence-electron chi connectivity index (χ0n) is 16.2. The summed E-state index contributed by atoms with van der Waals surface area (Å²) in [6.45, 7) is 1.88. The van der Waals surface area contributed by atoms with Crippen LogP contribution in [0.1, 0.15) is 89.9 Å². The van der Waals surface area contributed by atoms with Crippen LogP contribution in [-0.2, 0) is 4.79 Å². The Morgan fingerprint density at radius 2 is 1.54 bits per heavy atom. The van der Waals surface area contributed by atoms with Crippen LogP contribution in [0.2, 0.25) is 0 Å². The van der Waals surface area contributed by atoms with E-state index in [2.05, 4.69) is 24.3 Å². The predicted molar refractivity (Wildman–Crippen MR) is 102 cm³/mol. The van der Waals surface area contributed by atoms with E-state index in [1.807, 2.05) is 0 Å². The average molecular weight is 337 g/mol. The molecule has 0 aromatic carbocycles. The van der Waals surface area contributed by atoms with Gasteiger partial charge in [0.1, 0.15) is 0 Å². The fourth-order valence-corrected chi connectivity index (χ4v) is 5.06. The molecular formula is C21H40N2O. The standard InChI is InChI=1S/C21H40N2O/c1-23(2)17-11-16-22-20(24)18-21(19-12-7-6-8-13-19)14-9-4-3-5-10-15-21/h19H,3-18H2,1-2H3,(H,22,24). The van der Waals surface area contributed by atoms with Crippen molar-refractivity contribution in [3.05, 3.63) is 0 Å². The van der Waals surface area contributed by atoms with Crippen LogP contribution in [0.3, 0.4) is 0 Å². The van der Waals surface area contributed by atoms with Crippen LogP contribution < -0.4 is 5.32 Å². The number of nitrogens with zero attached hydrogens (tertiary/aromatic N) is 1. The van der Waals surface area contributed by atoms with Crippen molar-refractivity contribution in [2.45, 2.75) is 89.9 Å². The second-order valence-electron chi connectivity index (χ2n) is 8.65. The lowest BCUT2D eigenvalue weighted by Gasteiger charge is -2.44. The van der Waals surface area contributed by atoms with Crippen LogP contribution in [0.15, 0.2) is 0 Å². The van der Waals surface area contributed by atoms with Gasteiger partial charge in [-0.05, 0) is 64.1 Å².